The van der Waals surface area contributed by atoms with Crippen molar-refractivity contribution in [3.05, 3.63) is 0 Å². The van der Waals surface area contributed by atoms with Crippen molar-refractivity contribution in [1.29, 1.82) is 0 Å². The van der Waals surface area contributed by atoms with E-state index in [-0.39, 0.29) is 12.8 Å². The van der Waals surface area contributed by atoms with Gasteiger partial charge in [0.25, 0.3) is 0 Å². The Morgan fingerprint density at radius 2 is 1.44 bits per heavy atom. The second-order valence-corrected chi connectivity index (χ2v) is 2.21. The van der Waals surface area contributed by atoms with Crippen LogP contribution in [0.1, 0.15) is 25.7 Å². The van der Waals surface area contributed by atoms with Crippen LogP contribution >= 0.6 is 0 Å². The SMILES string of the molecule is FC1(F)CCC#CCC1. The van der Waals surface area contributed by atoms with Crippen LogP contribution in [-0.4, -0.2) is 5.92 Å². The molecule has 0 nitrogen and oxygen atoms in total. The Kier molecular flexibility index (Phi) is 1.70. The minimum Gasteiger partial charge on any atom is -0.207 e. The lowest BCUT2D eigenvalue weighted by molar-refractivity contribution is -0.0120. The summed E-state index contributed by atoms with van der Waals surface area (Å²) in [6, 6.07) is 0. The fraction of sp³-hybridized carbons (Fsp3) is 0.714. The van der Waals surface area contributed by atoms with Crippen LogP contribution in [0.5, 0.6) is 0 Å². The van der Waals surface area contributed by atoms with Crippen molar-refractivity contribution in [2.45, 2.75) is 31.6 Å². The molecule has 0 aromatic carbocycles. The minimum absolute atomic E-state index is 0.0556. The second kappa shape index (κ2) is 2.34. The summed E-state index contributed by atoms with van der Waals surface area (Å²) in [7, 11) is 0. The first kappa shape index (κ1) is 6.54. The molecule has 0 saturated carbocycles. The van der Waals surface area contributed by atoms with Gasteiger partial charge in [0.1, 0.15) is 0 Å². The lowest BCUT2D eigenvalue weighted by Crippen LogP contribution is -2.13. The Morgan fingerprint density at radius 1 is 1.00 bits per heavy atom. The average molecular weight is 130 g/mol. The summed E-state index contributed by atoms with van der Waals surface area (Å²) < 4.78 is 24.8. The fourth-order valence-electron chi connectivity index (χ4n) is 0.793. The summed E-state index contributed by atoms with van der Waals surface area (Å²) in [5.41, 5.74) is 0. The molecule has 50 valence electrons. The van der Waals surface area contributed by atoms with E-state index < -0.39 is 5.92 Å². The molecule has 1 aliphatic carbocycles. The molecule has 2 heteroatoms. The van der Waals surface area contributed by atoms with Gasteiger partial charge < -0.3 is 0 Å². The molecule has 1 rings (SSSR count). The average Bonchev–Trinajstić information content (AvgIpc) is 1.92. The van der Waals surface area contributed by atoms with E-state index in [2.05, 4.69) is 11.8 Å². The Labute approximate surface area is 53.3 Å². The van der Waals surface area contributed by atoms with Crippen LogP contribution in [0, 0.1) is 11.8 Å². The fourth-order valence-corrected chi connectivity index (χ4v) is 0.793. The summed E-state index contributed by atoms with van der Waals surface area (Å²) in [4.78, 5) is 0. The van der Waals surface area contributed by atoms with Crippen molar-refractivity contribution in [1.82, 2.24) is 0 Å². The van der Waals surface area contributed by atoms with Crippen molar-refractivity contribution in [2.75, 3.05) is 0 Å². The van der Waals surface area contributed by atoms with Crippen molar-refractivity contribution in [3.8, 4) is 11.8 Å². The van der Waals surface area contributed by atoms with Crippen LogP contribution < -0.4 is 0 Å². The quantitative estimate of drug-likeness (QED) is 0.441. The van der Waals surface area contributed by atoms with E-state index in [9.17, 15) is 8.78 Å². The lowest BCUT2D eigenvalue weighted by atomic mass is 10.1. The highest BCUT2D eigenvalue weighted by molar-refractivity contribution is 5.02. The lowest BCUT2D eigenvalue weighted by Gasteiger charge is -2.10. The van der Waals surface area contributed by atoms with Gasteiger partial charge in [0.2, 0.25) is 5.92 Å². The zero-order chi connectivity index (χ0) is 6.74. The third-order valence-corrected chi connectivity index (χ3v) is 1.36. The molecule has 0 unspecified atom stereocenters. The molecule has 0 fully saturated rings. The van der Waals surface area contributed by atoms with Gasteiger partial charge in [-0.15, -0.1) is 11.8 Å². The smallest absolute Gasteiger partial charge is 0.207 e. The first-order chi connectivity index (χ1) is 4.21. The third kappa shape index (κ3) is 2.01. The first-order valence-electron chi connectivity index (χ1n) is 3.04. The van der Waals surface area contributed by atoms with Crippen LogP contribution in [0.15, 0.2) is 0 Å². The summed E-state index contributed by atoms with van der Waals surface area (Å²) >= 11 is 0. The van der Waals surface area contributed by atoms with Crippen molar-refractivity contribution < 1.29 is 8.78 Å². The molecule has 0 heterocycles. The molecule has 0 aromatic heterocycles. The molecule has 0 N–H and O–H groups in total. The van der Waals surface area contributed by atoms with Gasteiger partial charge in [-0.1, -0.05) is 0 Å². The van der Waals surface area contributed by atoms with E-state index in [1.807, 2.05) is 0 Å². The number of hydrogen-bond donors (Lipinski definition) is 0. The van der Waals surface area contributed by atoms with Crippen molar-refractivity contribution in [2.24, 2.45) is 0 Å². The Morgan fingerprint density at radius 3 is 1.89 bits per heavy atom. The van der Waals surface area contributed by atoms with E-state index in [0.29, 0.717) is 12.8 Å². The van der Waals surface area contributed by atoms with E-state index in [1.165, 1.54) is 0 Å². The monoisotopic (exact) mass is 130 g/mol. The van der Waals surface area contributed by atoms with Crippen LogP contribution in [-0.2, 0) is 0 Å². The predicted molar refractivity (Wildman–Crippen MR) is 31.2 cm³/mol. The molecule has 0 amide bonds. The van der Waals surface area contributed by atoms with Gasteiger partial charge in [0.05, 0.1) is 0 Å². The van der Waals surface area contributed by atoms with E-state index >= 15 is 0 Å². The molecule has 9 heavy (non-hydrogen) atoms. The Balaban J connectivity index is 2.47. The van der Waals surface area contributed by atoms with Gasteiger partial charge in [0.15, 0.2) is 0 Å². The number of hydrogen-bond acceptors (Lipinski definition) is 0. The zero-order valence-corrected chi connectivity index (χ0v) is 5.08. The predicted octanol–water partition coefficient (Wildman–Crippen LogP) is 2.20. The maximum absolute atomic E-state index is 12.4. The molecular weight excluding hydrogens is 122 g/mol. The Bertz CT molecular complexity index is 136. The van der Waals surface area contributed by atoms with E-state index in [0.717, 1.165) is 0 Å². The van der Waals surface area contributed by atoms with Gasteiger partial charge in [-0.25, -0.2) is 8.78 Å². The summed E-state index contributed by atoms with van der Waals surface area (Å²) in [6.45, 7) is 0. The maximum atomic E-state index is 12.4. The number of rotatable bonds is 0. The molecular formula is C7H8F2. The number of halogens is 2. The largest absolute Gasteiger partial charge is 0.250 e. The van der Waals surface area contributed by atoms with Crippen LogP contribution in [0.3, 0.4) is 0 Å². The van der Waals surface area contributed by atoms with Crippen LogP contribution in [0.2, 0.25) is 0 Å². The maximum Gasteiger partial charge on any atom is 0.250 e. The Hall–Kier alpha value is -0.580. The highest BCUT2D eigenvalue weighted by Gasteiger charge is 2.27. The van der Waals surface area contributed by atoms with E-state index in [1.54, 1.807) is 0 Å². The molecule has 0 atom stereocenters. The van der Waals surface area contributed by atoms with Crippen molar-refractivity contribution >= 4 is 0 Å². The molecule has 0 radical (unpaired) electrons. The number of alkyl halides is 2. The molecule has 0 aliphatic heterocycles. The van der Waals surface area contributed by atoms with Gasteiger partial charge in [-0.2, -0.15) is 0 Å². The topological polar surface area (TPSA) is 0 Å². The molecule has 1 aliphatic rings. The minimum atomic E-state index is -2.46. The van der Waals surface area contributed by atoms with E-state index in [4.69, 9.17) is 0 Å². The molecule has 0 spiro atoms. The van der Waals surface area contributed by atoms with Crippen LogP contribution in [0.25, 0.3) is 0 Å². The molecule has 0 aromatic rings. The second-order valence-electron chi connectivity index (χ2n) is 2.21. The van der Waals surface area contributed by atoms with Gasteiger partial charge in [-0.3, -0.25) is 0 Å². The summed E-state index contributed by atoms with van der Waals surface area (Å²) in [6.07, 6.45) is 0.597. The normalized spacial score (nSPS) is 23.8. The summed E-state index contributed by atoms with van der Waals surface area (Å²) in [5, 5.41) is 0. The first-order valence-corrected chi connectivity index (χ1v) is 3.04. The molecule has 0 saturated heterocycles. The third-order valence-electron chi connectivity index (χ3n) is 1.36. The van der Waals surface area contributed by atoms with Crippen LogP contribution in [0.4, 0.5) is 8.78 Å². The van der Waals surface area contributed by atoms with Crippen molar-refractivity contribution in [3.63, 3.8) is 0 Å². The highest BCUT2D eigenvalue weighted by Crippen LogP contribution is 2.26. The standard InChI is InChI=1S/C7H8F2/c8-7(9)5-3-1-2-4-6-7/h3-6H2. The molecule has 0 bridgehead atoms. The summed E-state index contributed by atoms with van der Waals surface area (Å²) in [5.74, 6) is 2.88. The zero-order valence-electron chi connectivity index (χ0n) is 5.08. The van der Waals surface area contributed by atoms with Gasteiger partial charge >= 0.3 is 0 Å². The van der Waals surface area contributed by atoms with Gasteiger partial charge in [-0.05, 0) is 0 Å². The highest BCUT2D eigenvalue weighted by atomic mass is 19.3. The van der Waals surface area contributed by atoms with Gasteiger partial charge in [0, 0.05) is 25.7 Å².